The van der Waals surface area contributed by atoms with Gasteiger partial charge >= 0.3 is 5.97 Å². The van der Waals surface area contributed by atoms with Crippen molar-refractivity contribution in [1.82, 2.24) is 0 Å². The van der Waals surface area contributed by atoms with Crippen LogP contribution in [0, 0.1) is 5.41 Å². The zero-order valence-electron chi connectivity index (χ0n) is 14.2. The van der Waals surface area contributed by atoms with E-state index in [0.717, 1.165) is 12.8 Å². The number of anilines is 1. The first-order chi connectivity index (χ1) is 11.5. The maximum atomic E-state index is 12.3. The van der Waals surface area contributed by atoms with E-state index in [4.69, 9.17) is 14.2 Å². The van der Waals surface area contributed by atoms with E-state index in [9.17, 15) is 14.7 Å². The molecule has 0 atom stereocenters. The Morgan fingerprint density at radius 3 is 2.04 bits per heavy atom. The van der Waals surface area contributed by atoms with Gasteiger partial charge in [-0.25, -0.2) is 0 Å². The predicted molar refractivity (Wildman–Crippen MR) is 87.9 cm³/mol. The minimum absolute atomic E-state index is 0.0427. The molecule has 0 saturated heterocycles. The van der Waals surface area contributed by atoms with E-state index in [0.29, 0.717) is 35.8 Å². The second-order valence-corrected chi connectivity index (χ2v) is 5.93. The van der Waals surface area contributed by atoms with Crippen LogP contribution in [0.1, 0.15) is 32.1 Å². The second-order valence-electron chi connectivity index (χ2n) is 5.93. The molecular formula is C17H23NO6. The van der Waals surface area contributed by atoms with Crippen molar-refractivity contribution in [2.24, 2.45) is 5.41 Å². The molecule has 7 nitrogen and oxygen atoms in total. The van der Waals surface area contributed by atoms with Crippen LogP contribution in [0.3, 0.4) is 0 Å². The number of hydrogen-bond donors (Lipinski definition) is 2. The first-order valence-electron chi connectivity index (χ1n) is 7.79. The average molecular weight is 337 g/mol. The molecule has 0 aromatic heterocycles. The van der Waals surface area contributed by atoms with Gasteiger partial charge in [0.2, 0.25) is 11.7 Å². The molecule has 1 aliphatic rings. The van der Waals surface area contributed by atoms with Gasteiger partial charge in [0.05, 0.1) is 26.7 Å². The number of carbonyl (C=O) groups excluding carboxylic acids is 1. The monoisotopic (exact) mass is 337 g/mol. The van der Waals surface area contributed by atoms with Crippen molar-refractivity contribution in [3.8, 4) is 17.2 Å². The molecule has 1 aromatic carbocycles. The van der Waals surface area contributed by atoms with Gasteiger partial charge in [-0.3, -0.25) is 9.59 Å². The number of benzene rings is 1. The van der Waals surface area contributed by atoms with Crippen LogP contribution in [0.2, 0.25) is 0 Å². The summed E-state index contributed by atoms with van der Waals surface area (Å²) in [6.45, 7) is 0. The molecule has 1 saturated carbocycles. The van der Waals surface area contributed by atoms with Gasteiger partial charge in [-0.2, -0.15) is 0 Å². The molecule has 0 spiro atoms. The molecule has 0 aliphatic heterocycles. The minimum atomic E-state index is -0.954. The number of ether oxygens (including phenoxy) is 3. The maximum absolute atomic E-state index is 12.3. The Bertz CT molecular complexity index is 597. The first kappa shape index (κ1) is 17.9. The number of rotatable bonds is 7. The van der Waals surface area contributed by atoms with Crippen molar-refractivity contribution < 1.29 is 28.9 Å². The highest BCUT2D eigenvalue weighted by Crippen LogP contribution is 2.42. The lowest BCUT2D eigenvalue weighted by Crippen LogP contribution is -2.32. The molecule has 24 heavy (non-hydrogen) atoms. The van der Waals surface area contributed by atoms with Crippen molar-refractivity contribution >= 4 is 17.6 Å². The molecule has 1 amide bonds. The van der Waals surface area contributed by atoms with Gasteiger partial charge in [-0.15, -0.1) is 0 Å². The lowest BCUT2D eigenvalue weighted by molar-refractivity contribution is -0.150. The van der Waals surface area contributed by atoms with Crippen LogP contribution in [0.15, 0.2) is 12.1 Å². The predicted octanol–water partition coefficient (Wildman–Crippen LogP) is 2.69. The van der Waals surface area contributed by atoms with Crippen molar-refractivity contribution in [3.63, 3.8) is 0 Å². The van der Waals surface area contributed by atoms with E-state index in [1.54, 1.807) is 12.1 Å². The number of carboxylic acid groups (broad SMARTS) is 1. The largest absolute Gasteiger partial charge is 0.493 e. The molecule has 2 N–H and O–H groups in total. The van der Waals surface area contributed by atoms with E-state index in [1.807, 2.05) is 0 Å². The third kappa shape index (κ3) is 3.55. The zero-order valence-corrected chi connectivity index (χ0v) is 14.2. The molecular weight excluding hydrogens is 314 g/mol. The molecule has 0 radical (unpaired) electrons. The van der Waals surface area contributed by atoms with Crippen LogP contribution in [0.4, 0.5) is 5.69 Å². The standard InChI is InChI=1S/C17H23NO6/c1-22-12-8-11(9-13(23-2)15(12)24-3)18-14(19)10-17(16(20)21)6-4-5-7-17/h8-9H,4-7,10H2,1-3H3,(H,18,19)(H,20,21). The van der Waals surface area contributed by atoms with Crippen molar-refractivity contribution in [1.29, 1.82) is 0 Å². The highest BCUT2D eigenvalue weighted by molar-refractivity contribution is 5.95. The van der Waals surface area contributed by atoms with Gasteiger partial charge in [0.25, 0.3) is 0 Å². The highest BCUT2D eigenvalue weighted by atomic mass is 16.5. The summed E-state index contributed by atoms with van der Waals surface area (Å²) in [5, 5.41) is 12.2. The van der Waals surface area contributed by atoms with Gasteiger partial charge < -0.3 is 24.6 Å². The van der Waals surface area contributed by atoms with E-state index in [1.165, 1.54) is 21.3 Å². The SMILES string of the molecule is COc1cc(NC(=O)CC2(C(=O)O)CCCC2)cc(OC)c1OC. The number of hydrogen-bond acceptors (Lipinski definition) is 5. The van der Waals surface area contributed by atoms with Crippen molar-refractivity contribution in [2.75, 3.05) is 26.6 Å². The number of carbonyl (C=O) groups is 2. The number of carboxylic acids is 1. The Labute approximate surface area is 140 Å². The Kier molecular flexibility index (Phi) is 5.54. The van der Waals surface area contributed by atoms with Crippen LogP contribution in [0.5, 0.6) is 17.2 Å². The normalized spacial score (nSPS) is 15.6. The zero-order chi connectivity index (χ0) is 17.7. The highest BCUT2D eigenvalue weighted by Gasteiger charge is 2.43. The molecule has 2 rings (SSSR count). The Morgan fingerprint density at radius 2 is 1.62 bits per heavy atom. The molecule has 1 aliphatic carbocycles. The summed E-state index contributed by atoms with van der Waals surface area (Å²) < 4.78 is 15.7. The van der Waals surface area contributed by atoms with Crippen molar-refractivity contribution in [3.05, 3.63) is 12.1 Å². The average Bonchev–Trinajstić information content (AvgIpc) is 3.03. The molecule has 0 heterocycles. The van der Waals surface area contributed by atoms with E-state index >= 15 is 0 Å². The topological polar surface area (TPSA) is 94.1 Å². The number of aliphatic carboxylic acids is 1. The lowest BCUT2D eigenvalue weighted by atomic mass is 9.82. The van der Waals surface area contributed by atoms with Crippen LogP contribution in [-0.2, 0) is 9.59 Å². The third-order valence-corrected chi connectivity index (χ3v) is 4.46. The van der Waals surface area contributed by atoms with Crippen LogP contribution >= 0.6 is 0 Å². The molecule has 0 unspecified atom stereocenters. The summed E-state index contributed by atoms with van der Waals surface area (Å²) in [5.74, 6) is 0.0198. The molecule has 0 bridgehead atoms. The fourth-order valence-electron chi connectivity index (χ4n) is 3.18. The Balaban J connectivity index is 2.18. The number of methoxy groups -OCH3 is 3. The summed E-state index contributed by atoms with van der Waals surface area (Å²) in [5.41, 5.74) is -0.488. The lowest BCUT2D eigenvalue weighted by Gasteiger charge is -2.23. The third-order valence-electron chi connectivity index (χ3n) is 4.46. The van der Waals surface area contributed by atoms with Crippen LogP contribution < -0.4 is 19.5 Å². The minimum Gasteiger partial charge on any atom is -0.493 e. The van der Waals surface area contributed by atoms with Crippen molar-refractivity contribution in [2.45, 2.75) is 32.1 Å². The molecule has 7 heteroatoms. The summed E-state index contributed by atoms with van der Waals surface area (Å²) in [7, 11) is 4.47. The Hall–Kier alpha value is -2.44. The molecule has 132 valence electrons. The number of amides is 1. The number of nitrogens with one attached hydrogen (secondary N) is 1. The van der Waals surface area contributed by atoms with Crippen LogP contribution in [0.25, 0.3) is 0 Å². The van der Waals surface area contributed by atoms with Gasteiger partial charge in [0.1, 0.15) is 0 Å². The summed E-state index contributed by atoms with van der Waals surface area (Å²) in [6.07, 6.45) is 2.70. The second kappa shape index (κ2) is 7.42. The van der Waals surface area contributed by atoms with Gasteiger partial charge in [0.15, 0.2) is 11.5 Å². The maximum Gasteiger partial charge on any atom is 0.310 e. The quantitative estimate of drug-likeness (QED) is 0.794. The molecule has 1 fully saturated rings. The summed E-state index contributed by atoms with van der Waals surface area (Å²) in [4.78, 5) is 23.9. The van der Waals surface area contributed by atoms with Gasteiger partial charge in [-0.05, 0) is 12.8 Å². The van der Waals surface area contributed by atoms with E-state index < -0.39 is 11.4 Å². The molecule has 1 aromatic rings. The van der Waals surface area contributed by atoms with Gasteiger partial charge in [-0.1, -0.05) is 12.8 Å². The fourth-order valence-corrected chi connectivity index (χ4v) is 3.18. The fraction of sp³-hybridized carbons (Fsp3) is 0.529. The summed E-state index contributed by atoms with van der Waals surface area (Å²) >= 11 is 0. The summed E-state index contributed by atoms with van der Waals surface area (Å²) in [6, 6.07) is 3.22. The first-order valence-corrected chi connectivity index (χ1v) is 7.79. The smallest absolute Gasteiger partial charge is 0.310 e. The van der Waals surface area contributed by atoms with Gasteiger partial charge in [0, 0.05) is 24.2 Å². The Morgan fingerprint density at radius 1 is 1.08 bits per heavy atom. The van der Waals surface area contributed by atoms with E-state index in [-0.39, 0.29) is 12.3 Å². The van der Waals surface area contributed by atoms with Crippen LogP contribution in [-0.4, -0.2) is 38.3 Å². The van der Waals surface area contributed by atoms with E-state index in [2.05, 4.69) is 5.32 Å².